The van der Waals surface area contributed by atoms with Crippen LogP contribution in [0.25, 0.3) is 5.57 Å². The molecule has 1 aliphatic rings. The molecule has 1 heterocycles. The predicted octanol–water partition coefficient (Wildman–Crippen LogP) is 5.83. The van der Waals surface area contributed by atoms with Crippen LogP contribution in [0.5, 0.6) is 17.2 Å². The highest BCUT2D eigenvalue weighted by Crippen LogP contribution is 2.43. The molecule has 0 atom stereocenters. The molecule has 0 amide bonds. The van der Waals surface area contributed by atoms with Crippen LogP contribution in [0.1, 0.15) is 22.3 Å². The third-order valence-electron chi connectivity index (χ3n) is 5.00. The standard InChI is InChI=1S/C24H22O3S/c1-15(18-13-20(25-2)24(27-4)21(14-18)26-3)16-9-10-23-19(11-16)12-17-7-5-6-8-22(17)28-23/h5-11,13-14H,1,12H2,2-4H3. The zero-order chi connectivity index (χ0) is 19.7. The fourth-order valence-electron chi connectivity index (χ4n) is 3.50. The second kappa shape index (κ2) is 7.64. The molecule has 0 aliphatic carbocycles. The van der Waals surface area contributed by atoms with Gasteiger partial charge < -0.3 is 14.2 Å². The molecule has 0 N–H and O–H groups in total. The van der Waals surface area contributed by atoms with E-state index in [0.717, 1.165) is 23.1 Å². The second-order valence-electron chi connectivity index (χ2n) is 6.60. The SMILES string of the molecule is C=C(c1ccc2c(c1)Cc1ccccc1S2)c1cc(OC)c(OC)c(OC)c1. The normalized spacial score (nSPS) is 12.0. The molecule has 4 heteroatoms. The van der Waals surface area contributed by atoms with Crippen molar-refractivity contribution in [3.05, 3.63) is 83.4 Å². The van der Waals surface area contributed by atoms with Crippen LogP contribution in [0.15, 0.2) is 71.0 Å². The van der Waals surface area contributed by atoms with Gasteiger partial charge in [-0.25, -0.2) is 0 Å². The van der Waals surface area contributed by atoms with Crippen LogP contribution in [0.3, 0.4) is 0 Å². The smallest absolute Gasteiger partial charge is 0.203 e. The summed E-state index contributed by atoms with van der Waals surface area (Å²) in [7, 11) is 4.85. The molecule has 0 aromatic heterocycles. The maximum atomic E-state index is 5.49. The van der Waals surface area contributed by atoms with Gasteiger partial charge in [0.05, 0.1) is 21.3 Å². The third kappa shape index (κ3) is 3.25. The summed E-state index contributed by atoms with van der Waals surface area (Å²) >= 11 is 1.83. The summed E-state index contributed by atoms with van der Waals surface area (Å²) in [5.74, 6) is 1.83. The average molecular weight is 391 g/mol. The summed E-state index contributed by atoms with van der Waals surface area (Å²) in [6, 6.07) is 19.0. The molecule has 0 radical (unpaired) electrons. The monoisotopic (exact) mass is 390 g/mol. The van der Waals surface area contributed by atoms with E-state index in [1.165, 1.54) is 20.9 Å². The van der Waals surface area contributed by atoms with Crippen molar-refractivity contribution in [3.63, 3.8) is 0 Å². The Morgan fingerprint density at radius 2 is 1.46 bits per heavy atom. The van der Waals surface area contributed by atoms with E-state index in [4.69, 9.17) is 14.2 Å². The first-order chi connectivity index (χ1) is 13.6. The first-order valence-electron chi connectivity index (χ1n) is 9.03. The zero-order valence-corrected chi connectivity index (χ0v) is 17.1. The molecular weight excluding hydrogens is 368 g/mol. The number of hydrogen-bond acceptors (Lipinski definition) is 4. The van der Waals surface area contributed by atoms with Gasteiger partial charge in [-0.2, -0.15) is 0 Å². The van der Waals surface area contributed by atoms with Crippen molar-refractivity contribution in [3.8, 4) is 17.2 Å². The highest BCUT2D eigenvalue weighted by atomic mass is 32.2. The van der Waals surface area contributed by atoms with Crippen molar-refractivity contribution in [1.82, 2.24) is 0 Å². The Labute approximate surface area is 170 Å². The Balaban J connectivity index is 1.70. The second-order valence-corrected chi connectivity index (χ2v) is 7.69. The number of methoxy groups -OCH3 is 3. The number of ether oxygens (including phenoxy) is 3. The molecular formula is C24H22O3S. The van der Waals surface area contributed by atoms with Crippen LogP contribution < -0.4 is 14.2 Å². The lowest BCUT2D eigenvalue weighted by atomic mass is 9.95. The number of rotatable bonds is 5. The fraction of sp³-hybridized carbons (Fsp3) is 0.167. The Hall–Kier alpha value is -2.85. The highest BCUT2D eigenvalue weighted by Gasteiger charge is 2.18. The van der Waals surface area contributed by atoms with Crippen molar-refractivity contribution >= 4 is 17.3 Å². The van der Waals surface area contributed by atoms with Gasteiger partial charge in [0.15, 0.2) is 11.5 Å². The predicted molar refractivity (Wildman–Crippen MR) is 114 cm³/mol. The summed E-state index contributed by atoms with van der Waals surface area (Å²) < 4.78 is 16.4. The molecule has 0 fully saturated rings. The van der Waals surface area contributed by atoms with E-state index in [2.05, 4.69) is 49.0 Å². The molecule has 142 valence electrons. The summed E-state index contributed by atoms with van der Waals surface area (Å²) in [6.45, 7) is 4.34. The van der Waals surface area contributed by atoms with Gasteiger partial charge in [-0.1, -0.05) is 42.6 Å². The minimum atomic E-state index is 0.583. The van der Waals surface area contributed by atoms with E-state index in [1.807, 2.05) is 23.9 Å². The summed E-state index contributed by atoms with van der Waals surface area (Å²) in [4.78, 5) is 2.64. The maximum absolute atomic E-state index is 5.49. The summed E-state index contributed by atoms with van der Waals surface area (Å²) in [6.07, 6.45) is 0.939. The molecule has 0 unspecified atom stereocenters. The van der Waals surface area contributed by atoms with Gasteiger partial charge in [-0.3, -0.25) is 0 Å². The Morgan fingerprint density at radius 3 is 2.14 bits per heavy atom. The molecule has 4 rings (SSSR count). The molecule has 0 saturated carbocycles. The van der Waals surface area contributed by atoms with Gasteiger partial charge in [-0.15, -0.1) is 0 Å². The Kier molecular flexibility index (Phi) is 5.05. The fourth-order valence-corrected chi connectivity index (χ4v) is 4.55. The van der Waals surface area contributed by atoms with Gasteiger partial charge in [-0.05, 0) is 64.6 Å². The first-order valence-corrected chi connectivity index (χ1v) is 9.84. The van der Waals surface area contributed by atoms with Crippen LogP contribution in [0.2, 0.25) is 0 Å². The van der Waals surface area contributed by atoms with E-state index in [1.54, 1.807) is 21.3 Å². The van der Waals surface area contributed by atoms with Crippen LogP contribution >= 0.6 is 11.8 Å². The average Bonchev–Trinajstić information content (AvgIpc) is 2.75. The van der Waals surface area contributed by atoms with Crippen molar-refractivity contribution in [2.24, 2.45) is 0 Å². The molecule has 1 aliphatic heterocycles. The molecule has 3 aromatic rings. The molecule has 3 aromatic carbocycles. The quantitative estimate of drug-likeness (QED) is 0.429. The van der Waals surface area contributed by atoms with Crippen LogP contribution in [0, 0.1) is 0 Å². The molecule has 0 saturated heterocycles. The van der Waals surface area contributed by atoms with E-state index in [9.17, 15) is 0 Å². The van der Waals surface area contributed by atoms with Crippen LogP contribution in [-0.2, 0) is 6.42 Å². The van der Waals surface area contributed by atoms with Crippen LogP contribution in [-0.4, -0.2) is 21.3 Å². The van der Waals surface area contributed by atoms with E-state index < -0.39 is 0 Å². The first kappa shape index (κ1) is 18.5. The number of benzene rings is 3. The minimum Gasteiger partial charge on any atom is -0.493 e. The lowest BCUT2D eigenvalue weighted by Crippen LogP contribution is -2.01. The van der Waals surface area contributed by atoms with Gasteiger partial charge in [0.1, 0.15) is 0 Å². The lowest BCUT2D eigenvalue weighted by molar-refractivity contribution is 0.324. The van der Waals surface area contributed by atoms with E-state index in [0.29, 0.717) is 17.2 Å². The van der Waals surface area contributed by atoms with Crippen molar-refractivity contribution in [1.29, 1.82) is 0 Å². The van der Waals surface area contributed by atoms with Gasteiger partial charge in [0.25, 0.3) is 0 Å². The van der Waals surface area contributed by atoms with Gasteiger partial charge >= 0.3 is 0 Å². The Bertz CT molecular complexity index is 1030. The topological polar surface area (TPSA) is 27.7 Å². The largest absolute Gasteiger partial charge is 0.493 e. The molecule has 28 heavy (non-hydrogen) atoms. The number of fused-ring (bicyclic) bond motifs is 2. The van der Waals surface area contributed by atoms with E-state index >= 15 is 0 Å². The Morgan fingerprint density at radius 1 is 0.786 bits per heavy atom. The minimum absolute atomic E-state index is 0.583. The maximum Gasteiger partial charge on any atom is 0.203 e. The third-order valence-corrected chi connectivity index (χ3v) is 6.23. The molecule has 3 nitrogen and oxygen atoms in total. The molecule has 0 bridgehead atoms. The number of hydrogen-bond donors (Lipinski definition) is 0. The summed E-state index contributed by atoms with van der Waals surface area (Å²) in [5.41, 5.74) is 5.66. The summed E-state index contributed by atoms with van der Waals surface area (Å²) in [5, 5.41) is 0. The van der Waals surface area contributed by atoms with Crippen molar-refractivity contribution in [2.45, 2.75) is 16.2 Å². The lowest BCUT2D eigenvalue weighted by Gasteiger charge is -2.20. The van der Waals surface area contributed by atoms with E-state index in [-0.39, 0.29) is 0 Å². The van der Waals surface area contributed by atoms with Crippen molar-refractivity contribution < 1.29 is 14.2 Å². The van der Waals surface area contributed by atoms with Crippen molar-refractivity contribution in [2.75, 3.05) is 21.3 Å². The highest BCUT2D eigenvalue weighted by molar-refractivity contribution is 7.99. The zero-order valence-electron chi connectivity index (χ0n) is 16.2. The van der Waals surface area contributed by atoms with Gasteiger partial charge in [0.2, 0.25) is 5.75 Å². The molecule has 0 spiro atoms. The van der Waals surface area contributed by atoms with Crippen LogP contribution in [0.4, 0.5) is 0 Å². The van der Waals surface area contributed by atoms with Gasteiger partial charge in [0, 0.05) is 9.79 Å².